The molecule has 0 fully saturated rings. The van der Waals surface area contributed by atoms with Crippen molar-refractivity contribution in [1.82, 2.24) is 0 Å². The van der Waals surface area contributed by atoms with Crippen molar-refractivity contribution in [3.8, 4) is 0 Å². The molecule has 0 aliphatic carbocycles. The van der Waals surface area contributed by atoms with Crippen molar-refractivity contribution in [1.29, 1.82) is 0 Å². The summed E-state index contributed by atoms with van der Waals surface area (Å²) in [6, 6.07) is 13.7. The van der Waals surface area contributed by atoms with E-state index >= 15 is 0 Å². The van der Waals surface area contributed by atoms with Crippen molar-refractivity contribution in [3.05, 3.63) is 59.2 Å². The Morgan fingerprint density at radius 2 is 1.62 bits per heavy atom. The van der Waals surface area contributed by atoms with E-state index in [0.717, 1.165) is 34.7 Å². The van der Waals surface area contributed by atoms with Crippen LogP contribution in [0.1, 0.15) is 29.5 Å². The summed E-state index contributed by atoms with van der Waals surface area (Å²) >= 11 is 1.55. The molecule has 0 spiro atoms. The van der Waals surface area contributed by atoms with Gasteiger partial charge < -0.3 is 10.6 Å². The lowest BCUT2D eigenvalue weighted by Crippen LogP contribution is -2.15. The van der Waals surface area contributed by atoms with Crippen LogP contribution >= 0.6 is 11.8 Å². The minimum absolute atomic E-state index is 0.00998. The topological polar surface area (TPSA) is 58.2 Å². The zero-order valence-corrected chi connectivity index (χ0v) is 16.4. The monoisotopic (exact) mass is 370 g/mol. The first-order valence-electron chi connectivity index (χ1n) is 8.75. The molecule has 2 amide bonds. The zero-order valence-electron chi connectivity index (χ0n) is 15.6. The van der Waals surface area contributed by atoms with Gasteiger partial charge in [0.05, 0.1) is 5.75 Å². The third-order valence-corrected chi connectivity index (χ3v) is 5.06. The predicted octanol–water partition coefficient (Wildman–Crippen LogP) is 4.70. The molecule has 0 aliphatic rings. The quantitative estimate of drug-likeness (QED) is 0.662. The lowest BCUT2D eigenvalue weighted by molar-refractivity contribution is -0.116. The lowest BCUT2D eigenvalue weighted by atomic mass is 10.1. The SMILES string of the molecule is Cc1cccc(NC(=O)CCCSCC(=O)Nc2ccc(C)c(C)c2)c1. The Morgan fingerprint density at radius 3 is 2.35 bits per heavy atom. The molecule has 2 aromatic rings. The summed E-state index contributed by atoms with van der Waals surface area (Å²) in [6.07, 6.45) is 1.21. The Balaban J connectivity index is 1.61. The summed E-state index contributed by atoms with van der Waals surface area (Å²) in [7, 11) is 0. The van der Waals surface area contributed by atoms with Gasteiger partial charge in [-0.05, 0) is 73.9 Å². The van der Waals surface area contributed by atoms with E-state index in [1.54, 1.807) is 11.8 Å². The average Bonchev–Trinajstić information content (AvgIpc) is 2.58. The summed E-state index contributed by atoms with van der Waals surface area (Å²) in [5, 5.41) is 5.81. The molecule has 0 atom stereocenters. The third kappa shape index (κ3) is 6.92. The number of benzene rings is 2. The number of carbonyl (C=O) groups excluding carboxylic acids is 2. The van der Waals surface area contributed by atoms with E-state index in [4.69, 9.17) is 0 Å². The molecule has 0 unspecified atom stereocenters. The maximum absolute atomic E-state index is 12.0. The Hall–Kier alpha value is -2.27. The van der Waals surface area contributed by atoms with Crippen LogP contribution in [0.4, 0.5) is 11.4 Å². The summed E-state index contributed by atoms with van der Waals surface area (Å²) in [5.74, 6) is 1.17. The molecule has 4 nitrogen and oxygen atoms in total. The number of anilines is 2. The fourth-order valence-electron chi connectivity index (χ4n) is 2.46. The summed E-state index contributed by atoms with van der Waals surface area (Å²) < 4.78 is 0. The fourth-order valence-corrected chi connectivity index (χ4v) is 3.21. The molecule has 2 rings (SSSR count). The van der Waals surface area contributed by atoms with Crippen LogP contribution in [-0.4, -0.2) is 23.3 Å². The Kier molecular flexibility index (Phi) is 7.73. The van der Waals surface area contributed by atoms with Crippen molar-refractivity contribution in [2.45, 2.75) is 33.6 Å². The van der Waals surface area contributed by atoms with E-state index < -0.39 is 0 Å². The van der Waals surface area contributed by atoms with Crippen molar-refractivity contribution >= 4 is 35.0 Å². The molecule has 0 saturated heterocycles. The van der Waals surface area contributed by atoms with E-state index in [0.29, 0.717) is 12.2 Å². The summed E-state index contributed by atoms with van der Waals surface area (Å²) in [4.78, 5) is 23.9. The number of thioether (sulfide) groups is 1. The predicted molar refractivity (Wildman–Crippen MR) is 111 cm³/mol. The van der Waals surface area contributed by atoms with Gasteiger partial charge in [0.1, 0.15) is 0 Å². The second kappa shape index (κ2) is 10.0. The van der Waals surface area contributed by atoms with E-state index in [-0.39, 0.29) is 11.8 Å². The van der Waals surface area contributed by atoms with Gasteiger partial charge in [-0.25, -0.2) is 0 Å². The molecule has 5 heteroatoms. The van der Waals surface area contributed by atoms with Crippen molar-refractivity contribution in [2.24, 2.45) is 0 Å². The van der Waals surface area contributed by atoms with Crippen LogP contribution in [0.3, 0.4) is 0 Å². The highest BCUT2D eigenvalue weighted by Gasteiger charge is 2.06. The standard InChI is InChI=1S/C21H26N2O2S/c1-15-6-4-7-18(12-15)22-20(24)8-5-11-26-14-21(25)23-19-10-9-16(2)17(3)13-19/h4,6-7,9-10,12-13H,5,8,11,14H2,1-3H3,(H,22,24)(H,23,25). The normalized spacial score (nSPS) is 10.4. The Labute approximate surface area is 159 Å². The Morgan fingerprint density at radius 1 is 0.885 bits per heavy atom. The number of hydrogen-bond acceptors (Lipinski definition) is 3. The van der Waals surface area contributed by atoms with E-state index in [9.17, 15) is 9.59 Å². The van der Waals surface area contributed by atoms with E-state index in [2.05, 4.69) is 10.6 Å². The minimum atomic E-state index is -0.0116. The van der Waals surface area contributed by atoms with E-state index in [1.807, 2.05) is 63.2 Å². The lowest BCUT2D eigenvalue weighted by Gasteiger charge is -2.08. The van der Waals surface area contributed by atoms with Gasteiger partial charge in [0, 0.05) is 17.8 Å². The van der Waals surface area contributed by atoms with Gasteiger partial charge in [-0.2, -0.15) is 11.8 Å². The molecule has 0 bridgehead atoms. The molecule has 0 aliphatic heterocycles. The van der Waals surface area contributed by atoms with Gasteiger partial charge in [0.2, 0.25) is 11.8 Å². The van der Waals surface area contributed by atoms with Crippen LogP contribution in [0.2, 0.25) is 0 Å². The average molecular weight is 371 g/mol. The van der Waals surface area contributed by atoms with Crippen LogP contribution in [0.15, 0.2) is 42.5 Å². The van der Waals surface area contributed by atoms with Crippen molar-refractivity contribution < 1.29 is 9.59 Å². The van der Waals surface area contributed by atoms with Crippen molar-refractivity contribution in [3.63, 3.8) is 0 Å². The molecule has 138 valence electrons. The fraction of sp³-hybridized carbons (Fsp3) is 0.333. The summed E-state index contributed by atoms with van der Waals surface area (Å²) in [5.41, 5.74) is 5.15. The smallest absolute Gasteiger partial charge is 0.234 e. The van der Waals surface area contributed by atoms with Gasteiger partial charge in [-0.1, -0.05) is 18.2 Å². The highest BCUT2D eigenvalue weighted by molar-refractivity contribution is 7.99. The van der Waals surface area contributed by atoms with Crippen LogP contribution in [-0.2, 0) is 9.59 Å². The molecular formula is C21H26N2O2S. The summed E-state index contributed by atoms with van der Waals surface area (Å²) in [6.45, 7) is 6.07. The number of nitrogens with one attached hydrogen (secondary N) is 2. The molecule has 2 N–H and O–H groups in total. The van der Waals surface area contributed by atoms with Crippen molar-refractivity contribution in [2.75, 3.05) is 22.1 Å². The van der Waals surface area contributed by atoms with Gasteiger partial charge >= 0.3 is 0 Å². The van der Waals surface area contributed by atoms with Gasteiger partial charge in [-0.15, -0.1) is 0 Å². The molecule has 2 aromatic carbocycles. The molecule has 0 saturated carbocycles. The third-order valence-electron chi connectivity index (χ3n) is 4.02. The van der Waals surface area contributed by atoms with Crippen LogP contribution < -0.4 is 10.6 Å². The molecule has 26 heavy (non-hydrogen) atoms. The molecule has 0 radical (unpaired) electrons. The number of aryl methyl sites for hydroxylation is 3. The highest BCUT2D eigenvalue weighted by Crippen LogP contribution is 2.15. The van der Waals surface area contributed by atoms with E-state index in [1.165, 1.54) is 5.56 Å². The van der Waals surface area contributed by atoms with Gasteiger partial charge in [-0.3, -0.25) is 9.59 Å². The number of hydrogen-bond donors (Lipinski definition) is 2. The number of rotatable bonds is 8. The van der Waals surface area contributed by atoms with Gasteiger partial charge in [0.25, 0.3) is 0 Å². The first kappa shape index (κ1) is 20.0. The number of amides is 2. The molecular weight excluding hydrogens is 344 g/mol. The maximum Gasteiger partial charge on any atom is 0.234 e. The molecule has 0 aromatic heterocycles. The first-order valence-corrected chi connectivity index (χ1v) is 9.91. The van der Waals surface area contributed by atoms with Crippen LogP contribution in [0.25, 0.3) is 0 Å². The second-order valence-corrected chi connectivity index (χ2v) is 7.53. The highest BCUT2D eigenvalue weighted by atomic mass is 32.2. The number of carbonyl (C=O) groups is 2. The first-order chi connectivity index (χ1) is 12.4. The minimum Gasteiger partial charge on any atom is -0.326 e. The van der Waals surface area contributed by atoms with Crippen LogP contribution in [0, 0.1) is 20.8 Å². The maximum atomic E-state index is 12.0. The molecule has 0 heterocycles. The second-order valence-electron chi connectivity index (χ2n) is 6.42. The zero-order chi connectivity index (χ0) is 18.9. The largest absolute Gasteiger partial charge is 0.326 e. The van der Waals surface area contributed by atoms with Crippen LogP contribution in [0.5, 0.6) is 0 Å². The Bertz CT molecular complexity index is 774. The van der Waals surface area contributed by atoms with Gasteiger partial charge in [0.15, 0.2) is 0 Å².